The van der Waals surface area contributed by atoms with Crippen molar-refractivity contribution in [2.45, 2.75) is 91.1 Å². The highest BCUT2D eigenvalue weighted by molar-refractivity contribution is 5.81. The second-order valence-electron chi connectivity index (χ2n) is 8.99. The van der Waals surface area contributed by atoms with E-state index < -0.39 is 17.6 Å². The molecule has 0 radical (unpaired) electrons. The van der Waals surface area contributed by atoms with Gasteiger partial charge in [-0.2, -0.15) is 0 Å². The molecule has 1 aliphatic rings. The van der Waals surface area contributed by atoms with Gasteiger partial charge in [-0.3, -0.25) is 20.2 Å². The third-order valence-electron chi connectivity index (χ3n) is 5.08. The fraction of sp³-hybridized carbons (Fsp3) is 0.857. The maximum absolute atomic E-state index is 12.9. The van der Waals surface area contributed by atoms with E-state index >= 15 is 0 Å². The molecule has 1 fully saturated rings. The average Bonchev–Trinajstić information content (AvgIpc) is 2.66. The average molecular weight is 414 g/mol. The van der Waals surface area contributed by atoms with Gasteiger partial charge in [-0.1, -0.05) is 45.4 Å². The molecule has 0 bridgehead atoms. The van der Waals surface area contributed by atoms with E-state index in [-0.39, 0.29) is 18.9 Å². The van der Waals surface area contributed by atoms with Crippen molar-refractivity contribution in [1.29, 1.82) is 0 Å². The van der Waals surface area contributed by atoms with Crippen LogP contribution in [0.25, 0.3) is 0 Å². The van der Waals surface area contributed by atoms with Gasteiger partial charge < -0.3 is 4.74 Å². The topological polar surface area (TPSA) is 99.2 Å². The molecule has 29 heavy (non-hydrogen) atoms. The van der Waals surface area contributed by atoms with Gasteiger partial charge in [0.25, 0.3) is 0 Å². The molecular weight excluding hydrogens is 374 g/mol. The first-order valence-electron chi connectivity index (χ1n) is 10.9. The van der Waals surface area contributed by atoms with Crippen LogP contribution in [-0.2, 0) is 14.3 Å². The predicted molar refractivity (Wildman–Crippen MR) is 110 cm³/mol. The molecule has 1 atom stereocenters. The monoisotopic (exact) mass is 413 g/mol. The molecule has 8 heteroatoms. The first kappa shape index (κ1) is 25.2. The second kappa shape index (κ2) is 12.7. The molecule has 3 amide bonds. The van der Waals surface area contributed by atoms with E-state index in [9.17, 15) is 19.6 Å². The van der Waals surface area contributed by atoms with Crippen LogP contribution in [0, 0.1) is 11.8 Å². The van der Waals surface area contributed by atoms with Crippen LogP contribution < -0.4 is 5.43 Å². The fourth-order valence-electron chi connectivity index (χ4n) is 3.55. The lowest BCUT2D eigenvalue weighted by Crippen LogP contribution is -2.53. The zero-order chi connectivity index (χ0) is 21.9. The van der Waals surface area contributed by atoms with Crippen molar-refractivity contribution in [2.24, 2.45) is 11.8 Å². The minimum Gasteiger partial charge on any atom is -0.442 e. The molecule has 0 heterocycles. The number of carbonyl (C=O) groups excluding carboxylic acids is 3. The van der Waals surface area contributed by atoms with Gasteiger partial charge in [-0.25, -0.2) is 14.9 Å². The number of carbonyl (C=O) groups is 3. The van der Waals surface area contributed by atoms with Crippen molar-refractivity contribution in [3.8, 4) is 0 Å². The molecular formula is C21H39N3O5. The van der Waals surface area contributed by atoms with Gasteiger partial charge >= 0.3 is 6.09 Å². The molecule has 1 saturated carbocycles. The lowest BCUT2D eigenvalue weighted by molar-refractivity contribution is -0.155. The third kappa shape index (κ3) is 10.5. The summed E-state index contributed by atoms with van der Waals surface area (Å²) in [7, 11) is 0. The number of rotatable bonds is 10. The summed E-state index contributed by atoms with van der Waals surface area (Å²) in [4.78, 5) is 36.4. The molecule has 0 aromatic rings. The van der Waals surface area contributed by atoms with E-state index in [0.717, 1.165) is 44.9 Å². The zero-order valence-electron chi connectivity index (χ0n) is 18.5. The van der Waals surface area contributed by atoms with E-state index in [1.807, 2.05) is 0 Å². The van der Waals surface area contributed by atoms with Crippen LogP contribution in [0.2, 0.25) is 0 Å². The normalized spacial score (nSPS) is 16.0. The smallest absolute Gasteiger partial charge is 0.429 e. The Hall–Kier alpha value is -1.83. The molecule has 1 rings (SSSR count). The van der Waals surface area contributed by atoms with E-state index in [0.29, 0.717) is 23.9 Å². The Morgan fingerprint density at radius 2 is 1.86 bits per heavy atom. The van der Waals surface area contributed by atoms with Crippen LogP contribution in [0.15, 0.2) is 0 Å². The van der Waals surface area contributed by atoms with Crippen LogP contribution in [-0.4, -0.2) is 52.4 Å². The van der Waals surface area contributed by atoms with Crippen molar-refractivity contribution in [3.63, 3.8) is 0 Å². The molecule has 1 aliphatic carbocycles. The lowest BCUT2D eigenvalue weighted by atomic mass is 9.89. The lowest BCUT2D eigenvalue weighted by Gasteiger charge is -2.32. The third-order valence-corrected chi connectivity index (χ3v) is 5.08. The van der Waals surface area contributed by atoms with Crippen LogP contribution in [0.4, 0.5) is 4.79 Å². The molecule has 8 nitrogen and oxygen atoms in total. The van der Waals surface area contributed by atoms with Gasteiger partial charge in [0.15, 0.2) is 0 Å². The number of unbranched alkanes of at least 4 members (excludes halogenated alkanes) is 2. The van der Waals surface area contributed by atoms with Crippen LogP contribution in [0.3, 0.4) is 0 Å². The van der Waals surface area contributed by atoms with Gasteiger partial charge in [0.1, 0.15) is 5.60 Å². The standard InChI is InChI=1S/C21H39N3O5/c1-5-6-8-13-18(15-23(28)16-25)19(26)22-24(20(27)29-21(2,3)4)14-17-11-9-7-10-12-17/h16-18,28H,5-15H2,1-4H3,(H,22,26). The maximum Gasteiger partial charge on any atom is 0.429 e. The van der Waals surface area contributed by atoms with Gasteiger partial charge in [0.05, 0.1) is 12.5 Å². The highest BCUT2D eigenvalue weighted by Gasteiger charge is 2.29. The first-order valence-corrected chi connectivity index (χ1v) is 10.9. The number of nitrogens with one attached hydrogen (secondary N) is 1. The minimum absolute atomic E-state index is 0.107. The first-order chi connectivity index (χ1) is 13.7. The van der Waals surface area contributed by atoms with E-state index in [2.05, 4.69) is 12.3 Å². The predicted octanol–water partition coefficient (Wildman–Crippen LogP) is 3.88. The fourth-order valence-corrected chi connectivity index (χ4v) is 3.55. The van der Waals surface area contributed by atoms with Crippen molar-refractivity contribution in [1.82, 2.24) is 15.5 Å². The summed E-state index contributed by atoms with van der Waals surface area (Å²) >= 11 is 0. The zero-order valence-corrected chi connectivity index (χ0v) is 18.5. The van der Waals surface area contributed by atoms with Crippen molar-refractivity contribution < 1.29 is 24.3 Å². The highest BCUT2D eigenvalue weighted by atomic mass is 16.6. The number of ether oxygens (including phenoxy) is 1. The molecule has 168 valence electrons. The second-order valence-corrected chi connectivity index (χ2v) is 8.99. The van der Waals surface area contributed by atoms with E-state index in [4.69, 9.17) is 4.74 Å². The minimum atomic E-state index is -0.674. The summed E-state index contributed by atoms with van der Waals surface area (Å²) in [6.45, 7) is 7.71. The molecule has 2 N–H and O–H groups in total. The molecule has 0 aromatic heterocycles. The Labute approximate surface area is 174 Å². The van der Waals surface area contributed by atoms with Crippen molar-refractivity contribution >= 4 is 18.4 Å². The van der Waals surface area contributed by atoms with Gasteiger partial charge in [-0.15, -0.1) is 0 Å². The number of hydrogen-bond donors (Lipinski definition) is 2. The van der Waals surface area contributed by atoms with Crippen LogP contribution in [0.1, 0.15) is 85.5 Å². The number of hydroxylamine groups is 2. The quantitative estimate of drug-likeness (QED) is 0.245. The Morgan fingerprint density at radius 1 is 1.21 bits per heavy atom. The van der Waals surface area contributed by atoms with E-state index in [1.54, 1.807) is 20.8 Å². The Bertz CT molecular complexity index is 515. The van der Waals surface area contributed by atoms with Crippen LogP contribution >= 0.6 is 0 Å². The largest absolute Gasteiger partial charge is 0.442 e. The molecule has 0 aliphatic heterocycles. The summed E-state index contributed by atoms with van der Waals surface area (Å²) in [6.07, 6.45) is 8.46. The Kier molecular flexibility index (Phi) is 11.0. The van der Waals surface area contributed by atoms with Gasteiger partial charge in [0.2, 0.25) is 12.3 Å². The summed E-state index contributed by atoms with van der Waals surface area (Å²) in [5.74, 6) is -0.670. The maximum atomic E-state index is 12.9. The SMILES string of the molecule is CCCCCC(CN(O)C=O)C(=O)NN(CC1CCCCC1)C(=O)OC(C)(C)C. The number of nitrogens with zero attached hydrogens (tertiary/aromatic N) is 2. The van der Waals surface area contributed by atoms with E-state index in [1.165, 1.54) is 11.4 Å². The van der Waals surface area contributed by atoms with Crippen LogP contribution in [0.5, 0.6) is 0 Å². The van der Waals surface area contributed by atoms with Crippen molar-refractivity contribution in [2.75, 3.05) is 13.1 Å². The molecule has 0 spiro atoms. The summed E-state index contributed by atoms with van der Waals surface area (Å²) < 4.78 is 5.48. The molecule has 1 unspecified atom stereocenters. The number of hydrazine groups is 1. The van der Waals surface area contributed by atoms with Gasteiger partial charge in [0, 0.05) is 6.54 Å². The Balaban J connectivity index is 2.85. The molecule has 0 aromatic carbocycles. The Morgan fingerprint density at radius 3 is 2.41 bits per heavy atom. The number of amides is 3. The highest BCUT2D eigenvalue weighted by Crippen LogP contribution is 2.25. The molecule has 0 saturated heterocycles. The summed E-state index contributed by atoms with van der Waals surface area (Å²) in [5, 5.41) is 11.3. The van der Waals surface area contributed by atoms with Gasteiger partial charge in [-0.05, 0) is 46.0 Å². The number of hydrogen-bond acceptors (Lipinski definition) is 5. The van der Waals surface area contributed by atoms with Crippen molar-refractivity contribution in [3.05, 3.63) is 0 Å². The summed E-state index contributed by atoms with van der Waals surface area (Å²) in [6, 6.07) is 0. The summed E-state index contributed by atoms with van der Waals surface area (Å²) in [5.41, 5.74) is 2.04.